The Morgan fingerprint density at radius 2 is 1.65 bits per heavy atom. The molecular formula is C12H28N2O3. The number of nitrogens with one attached hydrogen (secondary N) is 1. The second-order valence-electron chi connectivity index (χ2n) is 3.91. The quantitative estimate of drug-likeness (QED) is 0.474. The Hall–Kier alpha value is -0.200. The van der Waals surface area contributed by atoms with E-state index in [2.05, 4.69) is 10.2 Å². The van der Waals surface area contributed by atoms with Crippen LogP contribution in [0.15, 0.2) is 0 Å². The van der Waals surface area contributed by atoms with Gasteiger partial charge < -0.3 is 19.9 Å². The van der Waals surface area contributed by atoms with Crippen molar-refractivity contribution in [3.8, 4) is 0 Å². The summed E-state index contributed by atoms with van der Waals surface area (Å²) in [5.74, 6) is 0. The molecule has 1 atom stereocenters. The van der Waals surface area contributed by atoms with Gasteiger partial charge in [-0.3, -0.25) is 4.90 Å². The van der Waals surface area contributed by atoms with Crippen LogP contribution in [0.25, 0.3) is 0 Å². The summed E-state index contributed by atoms with van der Waals surface area (Å²) < 4.78 is 10.7. The molecule has 0 aliphatic heterocycles. The molecule has 104 valence electrons. The van der Waals surface area contributed by atoms with Crippen molar-refractivity contribution in [2.75, 3.05) is 59.7 Å². The maximum Gasteiger partial charge on any atom is 0.0791 e. The number of hydrogen-bond acceptors (Lipinski definition) is 5. The van der Waals surface area contributed by atoms with Gasteiger partial charge in [-0.25, -0.2) is 0 Å². The number of ether oxygens (including phenoxy) is 2. The predicted octanol–water partition coefficient (Wildman–Crippen LogP) is -0.0583. The van der Waals surface area contributed by atoms with E-state index in [-0.39, 0.29) is 6.10 Å². The summed E-state index contributed by atoms with van der Waals surface area (Å²) in [6.45, 7) is 9.78. The van der Waals surface area contributed by atoms with Crippen molar-refractivity contribution >= 4 is 0 Å². The zero-order chi connectivity index (χ0) is 12.9. The Morgan fingerprint density at radius 3 is 2.06 bits per heavy atom. The fraction of sp³-hybridized carbons (Fsp3) is 1.00. The monoisotopic (exact) mass is 248 g/mol. The van der Waals surface area contributed by atoms with Gasteiger partial charge >= 0.3 is 0 Å². The highest BCUT2D eigenvalue weighted by atomic mass is 16.5. The van der Waals surface area contributed by atoms with Crippen molar-refractivity contribution in [3.05, 3.63) is 0 Å². The lowest BCUT2D eigenvalue weighted by Crippen LogP contribution is -2.40. The van der Waals surface area contributed by atoms with Crippen LogP contribution in [0.4, 0.5) is 0 Å². The molecule has 0 aromatic rings. The van der Waals surface area contributed by atoms with Gasteiger partial charge in [-0.2, -0.15) is 0 Å². The number of aliphatic hydroxyl groups excluding tert-OH is 1. The highest BCUT2D eigenvalue weighted by Gasteiger charge is 2.10. The van der Waals surface area contributed by atoms with Crippen LogP contribution in [0.2, 0.25) is 0 Å². The van der Waals surface area contributed by atoms with Gasteiger partial charge in [-0.05, 0) is 20.9 Å². The van der Waals surface area contributed by atoms with E-state index in [0.717, 1.165) is 26.3 Å². The van der Waals surface area contributed by atoms with Crippen molar-refractivity contribution in [3.63, 3.8) is 0 Å². The van der Waals surface area contributed by atoms with Gasteiger partial charge in [-0.1, -0.05) is 0 Å². The van der Waals surface area contributed by atoms with E-state index in [9.17, 15) is 5.11 Å². The molecule has 5 nitrogen and oxygen atoms in total. The maximum atomic E-state index is 9.75. The lowest BCUT2D eigenvalue weighted by atomic mass is 10.3. The lowest BCUT2D eigenvalue weighted by Gasteiger charge is -2.24. The van der Waals surface area contributed by atoms with Crippen molar-refractivity contribution in [1.82, 2.24) is 10.2 Å². The molecule has 0 saturated heterocycles. The summed E-state index contributed by atoms with van der Waals surface area (Å²) in [5, 5.41) is 12.7. The molecule has 0 spiro atoms. The summed E-state index contributed by atoms with van der Waals surface area (Å²) in [4.78, 5) is 2.17. The highest BCUT2D eigenvalue weighted by molar-refractivity contribution is 4.66. The first-order valence-electron chi connectivity index (χ1n) is 6.45. The SMILES string of the molecule is CCOCCN(CCOCC)CC(O)CNC. The molecular weight excluding hydrogens is 220 g/mol. The zero-order valence-corrected chi connectivity index (χ0v) is 11.4. The third-order valence-corrected chi connectivity index (χ3v) is 2.42. The maximum absolute atomic E-state index is 9.75. The normalized spacial score (nSPS) is 13.2. The predicted molar refractivity (Wildman–Crippen MR) is 69.4 cm³/mol. The molecule has 0 aliphatic rings. The molecule has 0 amide bonds. The minimum Gasteiger partial charge on any atom is -0.390 e. The molecule has 0 fully saturated rings. The van der Waals surface area contributed by atoms with Crippen LogP contribution in [0.1, 0.15) is 13.8 Å². The number of aliphatic hydroxyl groups is 1. The van der Waals surface area contributed by atoms with Crippen molar-refractivity contribution in [1.29, 1.82) is 0 Å². The van der Waals surface area contributed by atoms with Gasteiger partial charge in [0.25, 0.3) is 0 Å². The number of likely N-dealkylation sites (N-methyl/N-ethyl adjacent to an activating group) is 1. The minimum atomic E-state index is -0.344. The highest BCUT2D eigenvalue weighted by Crippen LogP contribution is 1.94. The molecule has 0 aliphatic carbocycles. The molecule has 0 radical (unpaired) electrons. The third-order valence-electron chi connectivity index (χ3n) is 2.42. The average Bonchev–Trinajstić information content (AvgIpc) is 2.29. The Morgan fingerprint density at radius 1 is 1.12 bits per heavy atom. The smallest absolute Gasteiger partial charge is 0.0791 e. The van der Waals surface area contributed by atoms with Gasteiger partial charge in [0.15, 0.2) is 0 Å². The second kappa shape index (κ2) is 12.3. The molecule has 0 aromatic heterocycles. The van der Waals surface area contributed by atoms with Gasteiger partial charge in [0.05, 0.1) is 19.3 Å². The Bertz CT molecular complexity index is 149. The summed E-state index contributed by atoms with van der Waals surface area (Å²) in [6, 6.07) is 0. The van der Waals surface area contributed by atoms with Crippen LogP contribution in [-0.4, -0.2) is 75.8 Å². The molecule has 0 aromatic carbocycles. The van der Waals surface area contributed by atoms with Crippen LogP contribution >= 0.6 is 0 Å². The zero-order valence-electron chi connectivity index (χ0n) is 11.4. The Labute approximate surface area is 105 Å². The lowest BCUT2D eigenvalue weighted by molar-refractivity contribution is 0.0541. The first-order valence-corrected chi connectivity index (χ1v) is 6.45. The molecule has 0 heterocycles. The number of rotatable bonds is 12. The van der Waals surface area contributed by atoms with Crippen LogP contribution in [-0.2, 0) is 9.47 Å². The van der Waals surface area contributed by atoms with Crippen LogP contribution in [0, 0.1) is 0 Å². The topological polar surface area (TPSA) is 54.0 Å². The van der Waals surface area contributed by atoms with E-state index in [0.29, 0.717) is 26.3 Å². The minimum absolute atomic E-state index is 0.344. The molecule has 0 rings (SSSR count). The van der Waals surface area contributed by atoms with Crippen molar-refractivity contribution in [2.24, 2.45) is 0 Å². The molecule has 0 bridgehead atoms. The van der Waals surface area contributed by atoms with Gasteiger partial charge in [0.1, 0.15) is 0 Å². The van der Waals surface area contributed by atoms with E-state index < -0.39 is 0 Å². The van der Waals surface area contributed by atoms with Crippen LogP contribution in [0.3, 0.4) is 0 Å². The average molecular weight is 248 g/mol. The third kappa shape index (κ3) is 10.7. The summed E-state index contributed by atoms with van der Waals surface area (Å²) in [5.41, 5.74) is 0. The fourth-order valence-corrected chi connectivity index (χ4v) is 1.57. The van der Waals surface area contributed by atoms with Gasteiger partial charge in [-0.15, -0.1) is 0 Å². The van der Waals surface area contributed by atoms with Gasteiger partial charge in [0.2, 0.25) is 0 Å². The number of hydrogen-bond donors (Lipinski definition) is 2. The second-order valence-corrected chi connectivity index (χ2v) is 3.91. The molecule has 0 saturated carbocycles. The summed E-state index contributed by atoms with van der Waals surface area (Å²) in [6.07, 6.45) is -0.344. The Balaban J connectivity index is 3.82. The molecule has 1 unspecified atom stereocenters. The molecule has 2 N–H and O–H groups in total. The standard InChI is InChI=1S/C12H28N2O3/c1-4-16-8-6-14(7-9-17-5-2)11-12(15)10-13-3/h12-13,15H,4-11H2,1-3H3. The van der Waals surface area contributed by atoms with E-state index in [1.165, 1.54) is 0 Å². The van der Waals surface area contributed by atoms with Crippen molar-refractivity contribution < 1.29 is 14.6 Å². The summed E-state index contributed by atoms with van der Waals surface area (Å²) in [7, 11) is 1.84. The van der Waals surface area contributed by atoms with Crippen LogP contribution in [0.5, 0.6) is 0 Å². The molecule has 5 heteroatoms. The first kappa shape index (κ1) is 16.8. The van der Waals surface area contributed by atoms with Crippen molar-refractivity contribution in [2.45, 2.75) is 20.0 Å². The van der Waals surface area contributed by atoms with E-state index in [1.54, 1.807) is 0 Å². The number of nitrogens with zero attached hydrogens (tertiary/aromatic N) is 1. The van der Waals surface area contributed by atoms with E-state index in [4.69, 9.17) is 9.47 Å². The fourth-order valence-electron chi connectivity index (χ4n) is 1.57. The van der Waals surface area contributed by atoms with E-state index in [1.807, 2.05) is 20.9 Å². The summed E-state index contributed by atoms with van der Waals surface area (Å²) >= 11 is 0. The largest absolute Gasteiger partial charge is 0.390 e. The first-order chi connectivity index (χ1) is 8.24. The van der Waals surface area contributed by atoms with E-state index >= 15 is 0 Å². The van der Waals surface area contributed by atoms with Gasteiger partial charge in [0, 0.05) is 39.4 Å². The van der Waals surface area contributed by atoms with Crippen LogP contribution < -0.4 is 5.32 Å². The Kier molecular flexibility index (Phi) is 12.1. The molecule has 17 heavy (non-hydrogen) atoms.